The molecule has 0 aromatic heterocycles. The molecule has 2 saturated heterocycles. The average Bonchev–Trinajstić information content (AvgIpc) is 2.63. The Labute approximate surface area is 184 Å². The molecule has 4 fully saturated rings. The second-order valence-corrected chi connectivity index (χ2v) is 9.80. The number of hydrogen-bond donors (Lipinski definition) is 2. The van der Waals surface area contributed by atoms with Gasteiger partial charge in [-0.05, 0) is 55.6 Å². The summed E-state index contributed by atoms with van der Waals surface area (Å²) in [5, 5.41) is 4.92. The van der Waals surface area contributed by atoms with Crippen LogP contribution >= 0.6 is 0 Å². The van der Waals surface area contributed by atoms with Crippen LogP contribution < -0.4 is 15.5 Å². The fourth-order valence-corrected chi connectivity index (χ4v) is 5.61. The molecule has 4 aliphatic rings. The van der Waals surface area contributed by atoms with Gasteiger partial charge in [-0.15, -0.1) is 0 Å². The quantitative estimate of drug-likeness (QED) is 0.678. The minimum Gasteiger partial charge on any atom is -0.449 e. The minimum atomic E-state index is -1.02. The Morgan fingerprint density at radius 2 is 1.88 bits per heavy atom. The summed E-state index contributed by atoms with van der Waals surface area (Å²) < 4.78 is 34.7. The topological polar surface area (TPSA) is 87.7 Å². The molecular weight excluding hydrogens is 420 g/mol. The van der Waals surface area contributed by atoms with Gasteiger partial charge >= 0.3 is 6.09 Å². The average molecular weight is 447 g/mol. The monoisotopic (exact) mass is 447 g/mol. The highest BCUT2D eigenvalue weighted by atomic mass is 19.1. The van der Waals surface area contributed by atoms with E-state index in [2.05, 4.69) is 10.6 Å². The van der Waals surface area contributed by atoms with Crippen molar-refractivity contribution in [2.24, 2.45) is 11.3 Å². The van der Waals surface area contributed by atoms with E-state index in [0.29, 0.717) is 36.7 Å². The number of benzene rings is 1. The van der Waals surface area contributed by atoms with Crippen molar-refractivity contribution in [2.45, 2.75) is 56.9 Å². The minimum absolute atomic E-state index is 0.0498. The maximum Gasteiger partial charge on any atom is 0.407 e. The lowest BCUT2D eigenvalue weighted by molar-refractivity contribution is -0.134. The summed E-state index contributed by atoms with van der Waals surface area (Å²) in [6, 6.07) is 2.25. The number of rotatable bonds is 5. The second-order valence-electron chi connectivity index (χ2n) is 9.80. The fourth-order valence-electron chi connectivity index (χ4n) is 5.61. The summed E-state index contributed by atoms with van der Waals surface area (Å²) >= 11 is 0. The van der Waals surface area contributed by atoms with Gasteiger partial charge in [-0.1, -0.05) is 6.42 Å². The van der Waals surface area contributed by atoms with E-state index in [9.17, 15) is 23.2 Å². The summed E-state index contributed by atoms with van der Waals surface area (Å²) in [6.45, 7) is 1.28. The summed E-state index contributed by atoms with van der Waals surface area (Å²) in [7, 11) is 0. The molecule has 1 atom stereocenters. The largest absolute Gasteiger partial charge is 0.449 e. The molecule has 1 unspecified atom stereocenters. The van der Waals surface area contributed by atoms with Crippen molar-refractivity contribution < 1.29 is 27.9 Å². The number of carbonyl (C=O) groups is 3. The zero-order valence-electron chi connectivity index (χ0n) is 17.8. The van der Waals surface area contributed by atoms with Gasteiger partial charge in [-0.2, -0.15) is 0 Å². The number of piperidine rings is 1. The predicted molar refractivity (Wildman–Crippen MR) is 111 cm³/mol. The molecule has 0 radical (unpaired) electrons. The third-order valence-electron chi connectivity index (χ3n) is 7.53. The normalized spacial score (nSPS) is 24.9. The first-order chi connectivity index (χ1) is 15.3. The van der Waals surface area contributed by atoms with E-state index >= 15 is 0 Å². The van der Waals surface area contributed by atoms with Crippen LogP contribution in [0.5, 0.6) is 0 Å². The molecule has 2 aliphatic carbocycles. The standard InChI is InChI=1S/C23H27F2N3O4/c24-17-6-15(7-18(25)20(17)16-2-3-19(29)27-21(16)30)28-10-14(11-28)26-22(31)32-12-13-8-23(9-13)4-1-5-23/h6-7,13-14,16H,1-5,8-12H2,(H,26,31)(H,27,29,30). The van der Waals surface area contributed by atoms with E-state index in [0.717, 1.165) is 12.8 Å². The van der Waals surface area contributed by atoms with Crippen molar-refractivity contribution in [3.05, 3.63) is 29.3 Å². The lowest BCUT2D eigenvalue weighted by atomic mass is 9.52. The van der Waals surface area contributed by atoms with Gasteiger partial charge in [0.05, 0.1) is 18.6 Å². The smallest absolute Gasteiger partial charge is 0.407 e. The molecule has 1 aromatic carbocycles. The van der Waals surface area contributed by atoms with Gasteiger partial charge < -0.3 is 15.0 Å². The molecule has 2 heterocycles. The van der Waals surface area contributed by atoms with Crippen molar-refractivity contribution in [1.29, 1.82) is 0 Å². The SMILES string of the molecule is O=C1CCC(c2c(F)cc(N3CC(NC(=O)OCC4CC5(CCC5)C4)C3)cc2F)C(=O)N1. The van der Waals surface area contributed by atoms with E-state index in [4.69, 9.17) is 4.74 Å². The Balaban J connectivity index is 1.10. The maximum atomic E-state index is 14.7. The lowest BCUT2D eigenvalue weighted by Crippen LogP contribution is -2.59. The first-order valence-corrected chi connectivity index (χ1v) is 11.3. The third-order valence-corrected chi connectivity index (χ3v) is 7.53. The van der Waals surface area contributed by atoms with Crippen molar-refractivity contribution in [3.63, 3.8) is 0 Å². The van der Waals surface area contributed by atoms with Crippen LogP contribution in [-0.4, -0.2) is 43.6 Å². The fraction of sp³-hybridized carbons (Fsp3) is 0.609. The number of alkyl carbamates (subject to hydrolysis) is 1. The molecule has 5 rings (SSSR count). The van der Waals surface area contributed by atoms with Crippen molar-refractivity contribution in [1.82, 2.24) is 10.6 Å². The number of nitrogens with one attached hydrogen (secondary N) is 2. The Hall–Kier alpha value is -2.71. The highest BCUT2D eigenvalue weighted by Crippen LogP contribution is 2.58. The van der Waals surface area contributed by atoms with Crippen LogP contribution in [0.25, 0.3) is 0 Å². The molecule has 3 amide bonds. The predicted octanol–water partition coefficient (Wildman–Crippen LogP) is 2.98. The van der Waals surface area contributed by atoms with Crippen molar-refractivity contribution >= 4 is 23.6 Å². The molecule has 1 spiro atoms. The molecule has 32 heavy (non-hydrogen) atoms. The highest BCUT2D eigenvalue weighted by Gasteiger charge is 2.48. The molecule has 1 aromatic rings. The number of hydrogen-bond acceptors (Lipinski definition) is 5. The molecule has 2 N–H and O–H groups in total. The highest BCUT2D eigenvalue weighted by molar-refractivity contribution is 6.01. The Bertz CT molecular complexity index is 928. The summed E-state index contributed by atoms with van der Waals surface area (Å²) in [6.07, 6.45) is 5.93. The van der Waals surface area contributed by atoms with Crippen molar-refractivity contribution in [3.8, 4) is 0 Å². The number of carbonyl (C=O) groups excluding carboxylic acids is 3. The van der Waals surface area contributed by atoms with Crippen LogP contribution in [0.15, 0.2) is 12.1 Å². The van der Waals surface area contributed by atoms with Gasteiger partial charge in [0.1, 0.15) is 11.6 Å². The van der Waals surface area contributed by atoms with E-state index in [-0.39, 0.29) is 24.4 Å². The van der Waals surface area contributed by atoms with E-state index in [1.807, 2.05) is 0 Å². The number of amides is 3. The van der Waals surface area contributed by atoms with Crippen molar-refractivity contribution in [2.75, 3.05) is 24.6 Å². The molecule has 172 valence electrons. The number of ether oxygens (including phenoxy) is 1. The zero-order chi connectivity index (χ0) is 22.5. The Kier molecular flexibility index (Phi) is 5.29. The van der Waals surface area contributed by atoms with Crippen LogP contribution in [0.4, 0.5) is 19.3 Å². The van der Waals surface area contributed by atoms with Gasteiger partial charge in [0, 0.05) is 30.8 Å². The van der Waals surface area contributed by atoms with Crippen LogP contribution in [0.3, 0.4) is 0 Å². The zero-order valence-corrected chi connectivity index (χ0v) is 17.8. The number of halogens is 2. The second kappa shape index (κ2) is 8.01. The van der Waals surface area contributed by atoms with Crippen LogP contribution in [-0.2, 0) is 14.3 Å². The Morgan fingerprint density at radius 1 is 1.19 bits per heavy atom. The number of nitrogens with zero attached hydrogens (tertiary/aromatic N) is 1. The third kappa shape index (κ3) is 3.93. The lowest BCUT2D eigenvalue weighted by Gasteiger charge is -2.54. The first-order valence-electron chi connectivity index (χ1n) is 11.3. The van der Waals surface area contributed by atoms with E-state index < -0.39 is 35.5 Å². The first kappa shape index (κ1) is 21.2. The summed E-state index contributed by atoms with van der Waals surface area (Å²) in [5.74, 6) is -3.28. The van der Waals surface area contributed by atoms with Gasteiger partial charge in [-0.3, -0.25) is 14.9 Å². The Morgan fingerprint density at radius 3 is 2.47 bits per heavy atom. The molecule has 0 bridgehead atoms. The van der Waals surface area contributed by atoms with Gasteiger partial charge in [0.15, 0.2) is 0 Å². The molecular formula is C23H27F2N3O4. The van der Waals surface area contributed by atoms with Crippen LogP contribution in [0.2, 0.25) is 0 Å². The molecule has 2 aliphatic heterocycles. The molecule has 7 nitrogen and oxygen atoms in total. The van der Waals surface area contributed by atoms with Crippen LogP contribution in [0, 0.1) is 23.0 Å². The maximum absolute atomic E-state index is 14.7. The number of anilines is 1. The summed E-state index contributed by atoms with van der Waals surface area (Å²) in [5.41, 5.74) is 0.594. The molecule has 2 saturated carbocycles. The molecule has 9 heteroatoms. The van der Waals surface area contributed by atoms with Gasteiger partial charge in [0.25, 0.3) is 0 Å². The van der Waals surface area contributed by atoms with Crippen LogP contribution in [0.1, 0.15) is 56.4 Å². The van der Waals surface area contributed by atoms with E-state index in [1.54, 1.807) is 4.90 Å². The van der Waals surface area contributed by atoms with Gasteiger partial charge in [-0.25, -0.2) is 13.6 Å². The van der Waals surface area contributed by atoms with Gasteiger partial charge in [0.2, 0.25) is 11.8 Å². The summed E-state index contributed by atoms with van der Waals surface area (Å²) in [4.78, 5) is 37.0. The number of imide groups is 1. The van der Waals surface area contributed by atoms with E-state index in [1.165, 1.54) is 31.4 Å².